The number of hydrogen-bond donors (Lipinski definition) is 0. The van der Waals surface area contributed by atoms with Gasteiger partial charge in [-0.1, -0.05) is 107 Å². The Hall–Kier alpha value is -1.30. The second-order valence-electron chi connectivity index (χ2n) is 12.1. The first-order valence-corrected chi connectivity index (χ1v) is 10.1. The van der Waals surface area contributed by atoms with Crippen molar-refractivity contribution >= 4 is 0 Å². The van der Waals surface area contributed by atoms with E-state index >= 15 is 0 Å². The molecule has 26 heavy (non-hydrogen) atoms. The molecule has 0 heteroatoms. The van der Waals surface area contributed by atoms with Crippen molar-refractivity contribution < 1.29 is 0 Å². The minimum absolute atomic E-state index is 0.132. The van der Waals surface area contributed by atoms with Crippen LogP contribution in [0.2, 0.25) is 0 Å². The quantitative estimate of drug-likeness (QED) is 0.412. The van der Waals surface area contributed by atoms with Crippen molar-refractivity contribution in [1.29, 1.82) is 0 Å². The number of rotatable bonds is 0. The van der Waals surface area contributed by atoms with Gasteiger partial charge in [-0.05, 0) is 55.1 Å². The Morgan fingerprint density at radius 1 is 0.385 bits per heavy atom. The third-order valence-electron chi connectivity index (χ3n) is 5.42. The average Bonchev–Trinajstić information content (AvgIpc) is 3.00. The van der Waals surface area contributed by atoms with Crippen molar-refractivity contribution in [2.24, 2.45) is 21.7 Å². The summed E-state index contributed by atoms with van der Waals surface area (Å²) < 4.78 is 0. The molecule has 0 nitrogen and oxygen atoms in total. The van der Waals surface area contributed by atoms with E-state index in [2.05, 4.69) is 107 Å². The summed E-state index contributed by atoms with van der Waals surface area (Å²) in [7, 11) is 0. The Morgan fingerprint density at radius 3 is 0.846 bits per heavy atom. The molecule has 0 heterocycles. The summed E-state index contributed by atoms with van der Waals surface area (Å²) in [5.41, 5.74) is 9.29. The molecular weight excluding hydrogens is 312 g/mol. The van der Waals surface area contributed by atoms with Crippen molar-refractivity contribution in [2.45, 2.75) is 83.1 Å². The summed E-state index contributed by atoms with van der Waals surface area (Å²) in [4.78, 5) is 0. The summed E-state index contributed by atoms with van der Waals surface area (Å²) in [5, 5.41) is 0. The van der Waals surface area contributed by atoms with E-state index in [1.165, 1.54) is 33.4 Å². The van der Waals surface area contributed by atoms with Gasteiger partial charge in [0.25, 0.3) is 0 Å². The zero-order valence-electron chi connectivity index (χ0n) is 19.3. The monoisotopic (exact) mass is 352 g/mol. The zero-order chi connectivity index (χ0) is 20.3. The summed E-state index contributed by atoms with van der Waals surface area (Å²) in [6, 6.07) is 0. The molecule has 0 aliphatic heterocycles. The van der Waals surface area contributed by atoms with Crippen LogP contribution in [0.25, 0.3) is 0 Å². The van der Waals surface area contributed by atoms with Gasteiger partial charge in [0.1, 0.15) is 0 Å². The van der Waals surface area contributed by atoms with Gasteiger partial charge in [-0.2, -0.15) is 0 Å². The maximum atomic E-state index is 2.46. The van der Waals surface area contributed by atoms with Crippen LogP contribution in [0.1, 0.15) is 83.1 Å². The van der Waals surface area contributed by atoms with Gasteiger partial charge in [0, 0.05) is 0 Å². The van der Waals surface area contributed by atoms with Crippen molar-refractivity contribution in [3.05, 3.63) is 57.7 Å². The van der Waals surface area contributed by atoms with E-state index in [9.17, 15) is 0 Å². The molecule has 0 saturated carbocycles. The van der Waals surface area contributed by atoms with Crippen LogP contribution < -0.4 is 0 Å². The van der Waals surface area contributed by atoms with E-state index in [0.29, 0.717) is 0 Å². The molecule has 0 saturated heterocycles. The predicted octanol–water partition coefficient (Wildman–Crippen LogP) is 8.20. The lowest BCUT2D eigenvalue weighted by atomic mass is 9.77. The highest BCUT2D eigenvalue weighted by Crippen LogP contribution is 2.49. The number of allylic oxidation sites excluding steroid dienone is 10. The van der Waals surface area contributed by atoms with Crippen molar-refractivity contribution in [3.63, 3.8) is 0 Å². The fourth-order valence-electron chi connectivity index (χ4n) is 3.57. The first-order chi connectivity index (χ1) is 11.4. The van der Waals surface area contributed by atoms with Crippen LogP contribution in [0.5, 0.6) is 0 Å². The first kappa shape index (κ1) is 21.0. The second kappa shape index (κ2) is 6.11. The molecule has 144 valence electrons. The molecule has 0 amide bonds. The van der Waals surface area contributed by atoms with Crippen molar-refractivity contribution in [3.8, 4) is 0 Å². The van der Waals surface area contributed by atoms with Crippen LogP contribution >= 0.6 is 0 Å². The molecule has 0 fully saturated rings. The lowest BCUT2D eigenvalue weighted by Gasteiger charge is -2.27. The molecular formula is C26H40. The Labute approximate surface area is 162 Å². The van der Waals surface area contributed by atoms with E-state index in [4.69, 9.17) is 0 Å². The summed E-state index contributed by atoms with van der Waals surface area (Å²) >= 11 is 0. The molecule has 2 aliphatic carbocycles. The van der Waals surface area contributed by atoms with Gasteiger partial charge in [0.15, 0.2) is 0 Å². The minimum atomic E-state index is 0.132. The molecule has 0 aromatic heterocycles. The van der Waals surface area contributed by atoms with Crippen LogP contribution in [-0.2, 0) is 0 Å². The molecule has 0 unspecified atom stereocenters. The lowest BCUT2D eigenvalue weighted by Crippen LogP contribution is -2.14. The third kappa shape index (κ3) is 4.16. The normalized spacial score (nSPS) is 22.3. The largest absolute Gasteiger partial charge is 0.0561 e. The van der Waals surface area contributed by atoms with E-state index < -0.39 is 0 Å². The van der Waals surface area contributed by atoms with Gasteiger partial charge >= 0.3 is 0 Å². The van der Waals surface area contributed by atoms with Gasteiger partial charge in [0.2, 0.25) is 0 Å². The van der Waals surface area contributed by atoms with Crippen molar-refractivity contribution in [2.75, 3.05) is 0 Å². The molecule has 0 N–H and O–H groups in total. The van der Waals surface area contributed by atoms with Crippen LogP contribution in [0.3, 0.4) is 0 Å². The molecule has 0 spiro atoms. The Kier molecular flexibility index (Phi) is 4.94. The molecule has 0 atom stereocenters. The Bertz CT molecular complexity index is 677. The van der Waals surface area contributed by atoms with Gasteiger partial charge in [-0.15, -0.1) is 0 Å². The number of hydrogen-bond acceptors (Lipinski definition) is 0. The Balaban J connectivity index is 2.79. The highest BCUT2D eigenvalue weighted by molar-refractivity contribution is 5.68. The maximum absolute atomic E-state index is 2.46. The van der Waals surface area contributed by atoms with Gasteiger partial charge < -0.3 is 0 Å². The van der Waals surface area contributed by atoms with Crippen LogP contribution in [0.15, 0.2) is 57.7 Å². The Morgan fingerprint density at radius 2 is 0.654 bits per heavy atom. The van der Waals surface area contributed by atoms with E-state index in [0.717, 1.165) is 0 Å². The molecule has 2 aliphatic rings. The first-order valence-electron chi connectivity index (χ1n) is 10.1. The third-order valence-corrected chi connectivity index (χ3v) is 5.42. The minimum Gasteiger partial charge on any atom is -0.0561 e. The molecule has 0 aromatic rings. The van der Waals surface area contributed by atoms with Crippen LogP contribution in [-0.4, -0.2) is 0 Å². The summed E-state index contributed by atoms with van der Waals surface area (Å²) in [6.45, 7) is 27.9. The fraction of sp³-hybridized carbons (Fsp3) is 0.615. The van der Waals surface area contributed by atoms with Gasteiger partial charge in [-0.25, -0.2) is 0 Å². The van der Waals surface area contributed by atoms with Crippen LogP contribution in [0, 0.1) is 21.7 Å². The van der Waals surface area contributed by atoms with Crippen molar-refractivity contribution in [1.82, 2.24) is 0 Å². The second-order valence-corrected chi connectivity index (χ2v) is 12.1. The zero-order valence-corrected chi connectivity index (χ0v) is 19.3. The van der Waals surface area contributed by atoms with E-state index in [1.54, 1.807) is 0 Å². The highest BCUT2D eigenvalue weighted by Gasteiger charge is 2.34. The average molecular weight is 353 g/mol. The lowest BCUT2D eigenvalue weighted by molar-refractivity contribution is 0.499. The summed E-state index contributed by atoms with van der Waals surface area (Å²) in [6.07, 6.45) is 9.81. The fourth-order valence-corrected chi connectivity index (χ4v) is 3.57. The smallest absolute Gasteiger partial charge is 0.0126 e. The summed E-state index contributed by atoms with van der Waals surface area (Å²) in [5.74, 6) is 0. The van der Waals surface area contributed by atoms with Gasteiger partial charge in [0.05, 0.1) is 0 Å². The SMILES string of the molecule is CC(C)(C)C1=CC(=C2C=C(C(C)(C)C)C=C2C(C)(C)C)C(C(C)(C)C)=C1. The highest BCUT2D eigenvalue weighted by atomic mass is 14.4. The topological polar surface area (TPSA) is 0 Å². The molecule has 0 radical (unpaired) electrons. The molecule has 2 rings (SSSR count). The van der Waals surface area contributed by atoms with Crippen LogP contribution in [0.4, 0.5) is 0 Å². The molecule has 0 aromatic carbocycles. The van der Waals surface area contributed by atoms with E-state index in [-0.39, 0.29) is 21.7 Å². The maximum Gasteiger partial charge on any atom is -0.0126 e. The molecule has 0 bridgehead atoms. The predicted molar refractivity (Wildman–Crippen MR) is 117 cm³/mol. The van der Waals surface area contributed by atoms with Gasteiger partial charge in [-0.3, -0.25) is 0 Å². The van der Waals surface area contributed by atoms with E-state index in [1.807, 2.05) is 0 Å². The standard InChI is InChI=1S/C26H40/c1-23(2,3)17-13-19(21(15-17)25(7,8)9)20-14-18(24(4,5)6)16-22(20)26(10,11)12/h13-16H,1-12H3.